The van der Waals surface area contributed by atoms with Crippen molar-refractivity contribution in [2.24, 2.45) is 181 Å². The van der Waals surface area contributed by atoms with Gasteiger partial charge in [-0.3, -0.25) is 0 Å². The number of allylic oxidation sites excluding steroid dienone is 4. The second-order valence-corrected chi connectivity index (χ2v) is 21.7. The summed E-state index contributed by atoms with van der Waals surface area (Å²) < 4.78 is 0. The summed E-state index contributed by atoms with van der Waals surface area (Å²) in [5.41, 5.74) is -4.50. The lowest BCUT2D eigenvalue weighted by atomic mass is 9.35. The molecule has 0 heterocycles. The molecular weight excluding hydrogens is 665 g/mol. The summed E-state index contributed by atoms with van der Waals surface area (Å²) in [6.45, 7) is 0. The van der Waals surface area contributed by atoms with Crippen molar-refractivity contribution in [3.05, 3.63) is 23.8 Å². The molecule has 0 aromatic carbocycles. The van der Waals surface area contributed by atoms with Gasteiger partial charge >= 0.3 is 0 Å². The molecular formula is C46H36N8. The van der Waals surface area contributed by atoms with Gasteiger partial charge in [0.1, 0.15) is 0 Å². The minimum atomic E-state index is -1.54. The molecule has 18 aliphatic carbocycles. The number of hydrogen-bond donors (Lipinski definition) is 0. The van der Waals surface area contributed by atoms with Gasteiger partial charge in [-0.15, -0.1) is 0 Å². The molecule has 27 atom stereocenters. The van der Waals surface area contributed by atoms with Crippen molar-refractivity contribution in [3.8, 4) is 48.6 Å². The molecule has 260 valence electrons. The molecule has 15 saturated carbocycles. The van der Waals surface area contributed by atoms with Crippen molar-refractivity contribution < 1.29 is 0 Å². The van der Waals surface area contributed by atoms with E-state index >= 15 is 0 Å². The summed E-state index contributed by atoms with van der Waals surface area (Å²) >= 11 is 0. The second-order valence-electron chi connectivity index (χ2n) is 21.7. The Hall–Kier alpha value is -4.60. The predicted molar refractivity (Wildman–Crippen MR) is 180 cm³/mol. The molecule has 8 nitrogen and oxygen atoms in total. The molecule has 0 aliphatic heterocycles. The summed E-state index contributed by atoms with van der Waals surface area (Å²) in [5, 5.41) is 85.5. The molecule has 8 heteroatoms. The number of nitrogens with zero attached hydrogens (tertiary/aromatic N) is 8. The third kappa shape index (κ3) is 2.22. The van der Waals surface area contributed by atoms with Gasteiger partial charge in [0.15, 0.2) is 21.7 Å². The minimum absolute atomic E-state index is 0.147. The van der Waals surface area contributed by atoms with Crippen LogP contribution in [0.4, 0.5) is 0 Å². The van der Waals surface area contributed by atoms with Crippen molar-refractivity contribution in [2.75, 3.05) is 0 Å². The first-order valence-corrected chi connectivity index (χ1v) is 21.1. The fourth-order valence-corrected chi connectivity index (χ4v) is 21.6. The van der Waals surface area contributed by atoms with Gasteiger partial charge in [0.05, 0.1) is 48.6 Å². The molecule has 18 rings (SSSR count). The molecule has 0 saturated heterocycles. The molecule has 0 spiro atoms. The Kier molecular flexibility index (Phi) is 4.21. The van der Waals surface area contributed by atoms with Crippen molar-refractivity contribution >= 4 is 0 Å². The van der Waals surface area contributed by atoms with Crippen LogP contribution in [0, 0.1) is 272 Å². The van der Waals surface area contributed by atoms with Gasteiger partial charge in [-0.1, -0.05) is 23.8 Å². The van der Waals surface area contributed by atoms with Gasteiger partial charge in [0.25, 0.3) is 0 Å². The summed E-state index contributed by atoms with van der Waals surface area (Å²) in [6, 6.07) is 19.0. The Bertz CT molecular complexity index is 2380. The largest absolute Gasteiger partial charge is 0.196 e. The van der Waals surface area contributed by atoms with Gasteiger partial charge in [-0.05, 0) is 167 Å². The molecule has 10 bridgehead atoms. The Labute approximate surface area is 314 Å². The SMILES string of the molecule is N#CC1(C#N)[C@H]2[C@@H]3[C@H]4[C@@H]5[C@@H]6[C@@H]7C=C[C@H]([C@@H]8C[C@@H]9C(=C[C@H]78)[C@@H]7[C@H]8[C@H]%10[C@@H]8[C@@H]8C[C@@H]%11[C@H]([C@@H]79)[C@H]%11[C@H]%10C(C#N)(C#N)C8(C#N)C#N)[C@H]6[C@H]5[C@@H]5[C@H](C[C@@H]([C@H]43)C1(C#N)C#N)[C@H]52. The van der Waals surface area contributed by atoms with E-state index in [-0.39, 0.29) is 35.5 Å². The molecule has 0 unspecified atom stereocenters. The van der Waals surface area contributed by atoms with Gasteiger partial charge < -0.3 is 0 Å². The van der Waals surface area contributed by atoms with Crippen LogP contribution in [0.15, 0.2) is 23.8 Å². The average Bonchev–Trinajstić information content (AvgIpc) is 4.04. The maximum atomic E-state index is 10.8. The Morgan fingerprint density at radius 2 is 0.852 bits per heavy atom. The third-order valence-electron chi connectivity index (χ3n) is 22.4. The molecule has 0 N–H and O–H groups in total. The first-order valence-electron chi connectivity index (χ1n) is 21.1. The zero-order chi connectivity index (χ0) is 36.1. The van der Waals surface area contributed by atoms with Gasteiger partial charge in [-0.25, -0.2) is 0 Å². The highest BCUT2D eigenvalue weighted by atomic mass is 14.9. The number of hydrogen-bond acceptors (Lipinski definition) is 8. The molecule has 0 amide bonds. The van der Waals surface area contributed by atoms with E-state index in [1.807, 2.05) is 0 Å². The molecule has 0 radical (unpaired) electrons. The monoisotopic (exact) mass is 700 g/mol. The van der Waals surface area contributed by atoms with Gasteiger partial charge in [0, 0.05) is 11.8 Å². The minimum Gasteiger partial charge on any atom is -0.196 e. The average molecular weight is 701 g/mol. The summed E-state index contributed by atoms with van der Waals surface area (Å²) in [7, 11) is 0. The van der Waals surface area contributed by atoms with Crippen LogP contribution in [0.1, 0.15) is 19.3 Å². The standard InChI is InChI=1S/C46H36N8/c47-7-43(8-48)23-5-21-29-27-19-3-17-15-1-2-16(18(17)4-20(19)28(27)36-33(23)39(36)41(31(21)29)45(43,11-51)12-52)26-25(15)35-30-22-6-24-34-38(37(26)35)40(34)42(32(22)30)46(13-53,14-54)44(24,9-49)10-50/h1-2,4,15-19,21-42H,3,5-6H2/t15-,16-,17+,18-,19-,21-,22+,23+,24+,25-,26-,27-,28+,29-,30-,31+,32-,33-,34-,35+,36-,37-,38-,39-,40+,41-,42-/m1/s1. The highest BCUT2D eigenvalue weighted by Gasteiger charge is 2.92. The van der Waals surface area contributed by atoms with Crippen LogP contribution < -0.4 is 0 Å². The summed E-state index contributed by atoms with van der Waals surface area (Å²) in [4.78, 5) is 0. The van der Waals surface area contributed by atoms with Crippen LogP contribution >= 0.6 is 0 Å². The van der Waals surface area contributed by atoms with E-state index in [0.717, 1.165) is 12.8 Å². The number of fused-ring (bicyclic) bond motifs is 11. The van der Waals surface area contributed by atoms with Crippen molar-refractivity contribution in [1.29, 1.82) is 42.1 Å². The highest BCUT2D eigenvalue weighted by Crippen LogP contribution is 2.92. The topological polar surface area (TPSA) is 190 Å². The van der Waals surface area contributed by atoms with Crippen LogP contribution in [-0.4, -0.2) is 0 Å². The maximum absolute atomic E-state index is 10.8. The quantitative estimate of drug-likeness (QED) is 0.291. The van der Waals surface area contributed by atoms with E-state index in [1.54, 1.807) is 5.57 Å². The highest BCUT2D eigenvalue weighted by molar-refractivity contribution is 5.51. The smallest absolute Gasteiger partial charge is 0.179 e. The zero-order valence-electron chi connectivity index (χ0n) is 29.5. The number of rotatable bonds is 0. The molecule has 18 aliphatic rings. The van der Waals surface area contributed by atoms with E-state index in [1.165, 1.54) is 6.42 Å². The van der Waals surface area contributed by atoms with Crippen LogP contribution in [-0.2, 0) is 0 Å². The summed E-state index contributed by atoms with van der Waals surface area (Å²) in [5.74, 6) is 10.2. The predicted octanol–water partition coefficient (Wildman–Crippen LogP) is 5.61. The molecule has 0 aromatic rings. The first kappa shape index (κ1) is 28.8. The van der Waals surface area contributed by atoms with Crippen molar-refractivity contribution in [3.63, 3.8) is 0 Å². The van der Waals surface area contributed by atoms with Crippen molar-refractivity contribution in [2.45, 2.75) is 19.3 Å². The first-order chi connectivity index (χ1) is 26.4. The molecule has 0 aromatic heterocycles. The Morgan fingerprint density at radius 3 is 1.43 bits per heavy atom. The fourth-order valence-electron chi connectivity index (χ4n) is 21.6. The van der Waals surface area contributed by atoms with E-state index in [0.29, 0.717) is 124 Å². The lowest BCUT2D eigenvalue weighted by Gasteiger charge is -2.69. The lowest BCUT2D eigenvalue weighted by molar-refractivity contribution is -0.176. The fraction of sp³-hybridized carbons (Fsp3) is 0.739. The van der Waals surface area contributed by atoms with Crippen LogP contribution in [0.25, 0.3) is 0 Å². The van der Waals surface area contributed by atoms with Crippen molar-refractivity contribution in [1.82, 2.24) is 0 Å². The molecule has 15 fully saturated rings. The maximum Gasteiger partial charge on any atom is 0.179 e. The van der Waals surface area contributed by atoms with Crippen LogP contribution in [0.2, 0.25) is 0 Å². The van der Waals surface area contributed by atoms with Gasteiger partial charge in [0.2, 0.25) is 0 Å². The lowest BCUT2D eigenvalue weighted by Crippen LogP contribution is -2.65. The third-order valence-corrected chi connectivity index (χ3v) is 22.4. The van der Waals surface area contributed by atoms with E-state index in [2.05, 4.69) is 66.8 Å². The normalized spacial score (nSPS) is 64.7. The van der Waals surface area contributed by atoms with E-state index in [9.17, 15) is 42.1 Å². The summed E-state index contributed by atoms with van der Waals surface area (Å²) in [6.07, 6.45) is 10.9. The van der Waals surface area contributed by atoms with Crippen LogP contribution in [0.5, 0.6) is 0 Å². The Balaban J connectivity index is 0.813. The Morgan fingerprint density at radius 1 is 0.389 bits per heavy atom. The van der Waals surface area contributed by atoms with Crippen LogP contribution in [0.3, 0.4) is 0 Å². The van der Waals surface area contributed by atoms with Gasteiger partial charge in [-0.2, -0.15) is 42.1 Å². The van der Waals surface area contributed by atoms with E-state index in [4.69, 9.17) is 0 Å². The zero-order valence-corrected chi connectivity index (χ0v) is 29.5. The number of nitriles is 8. The molecule has 54 heavy (non-hydrogen) atoms. The second kappa shape index (κ2) is 7.89. The van der Waals surface area contributed by atoms with E-state index < -0.39 is 21.7 Å².